The van der Waals surface area contributed by atoms with Crippen molar-refractivity contribution in [3.05, 3.63) is 46.6 Å². The summed E-state index contributed by atoms with van der Waals surface area (Å²) in [5.74, 6) is -1.37. The average Bonchev–Trinajstić information content (AvgIpc) is 3.21. The number of carbonyl (C=O) groups excluding carboxylic acids is 2. The number of hydrogen-bond acceptors (Lipinski definition) is 6. The summed E-state index contributed by atoms with van der Waals surface area (Å²) >= 11 is 6.75. The molecule has 12 heteroatoms. The number of aromatic nitrogens is 1. The number of rotatable bonds is 5. The fraction of sp³-hybridized carbons (Fsp3) is 0.536. The number of hydrogen-bond donors (Lipinski definition) is 0. The van der Waals surface area contributed by atoms with Crippen LogP contribution < -0.4 is 14.7 Å². The number of para-hydroxylation sites is 1. The maximum absolute atomic E-state index is 14.1. The third kappa shape index (κ3) is 5.51. The third-order valence-corrected chi connectivity index (χ3v) is 8.39. The van der Waals surface area contributed by atoms with Crippen LogP contribution in [0.1, 0.15) is 24.6 Å². The van der Waals surface area contributed by atoms with Gasteiger partial charge in [-0.15, -0.1) is 0 Å². The van der Waals surface area contributed by atoms with E-state index in [1.807, 2.05) is 13.0 Å². The first kappa shape index (κ1) is 28.6. The van der Waals surface area contributed by atoms with E-state index in [4.69, 9.17) is 11.6 Å². The molecule has 3 aliphatic heterocycles. The van der Waals surface area contributed by atoms with E-state index in [0.717, 1.165) is 50.5 Å². The van der Waals surface area contributed by atoms with Crippen LogP contribution in [0.3, 0.4) is 0 Å². The first-order valence-corrected chi connectivity index (χ1v) is 14.0. The number of piperazine rings is 1. The molecule has 0 aliphatic carbocycles. The predicted molar refractivity (Wildman–Crippen MR) is 149 cm³/mol. The Morgan fingerprint density at radius 2 is 1.80 bits per heavy atom. The summed E-state index contributed by atoms with van der Waals surface area (Å²) < 4.78 is 41.0. The topological polar surface area (TPSA) is 63.2 Å². The van der Waals surface area contributed by atoms with E-state index in [1.54, 1.807) is 17.0 Å². The van der Waals surface area contributed by atoms with Gasteiger partial charge in [0.05, 0.1) is 22.0 Å². The van der Waals surface area contributed by atoms with Gasteiger partial charge in [-0.25, -0.2) is 4.98 Å². The van der Waals surface area contributed by atoms with Crippen molar-refractivity contribution in [1.82, 2.24) is 14.8 Å². The van der Waals surface area contributed by atoms with Gasteiger partial charge in [0, 0.05) is 70.4 Å². The Hall–Kier alpha value is -2.89. The van der Waals surface area contributed by atoms with Gasteiger partial charge in [0.15, 0.2) is 0 Å². The second-order valence-corrected chi connectivity index (χ2v) is 11.2. The summed E-state index contributed by atoms with van der Waals surface area (Å²) in [4.78, 5) is 41.4. The van der Waals surface area contributed by atoms with Gasteiger partial charge < -0.3 is 14.7 Å². The van der Waals surface area contributed by atoms with Crippen molar-refractivity contribution in [3.8, 4) is 0 Å². The fourth-order valence-corrected chi connectivity index (χ4v) is 6.32. The molecule has 1 aromatic carbocycles. The predicted octanol–water partition coefficient (Wildman–Crippen LogP) is 3.90. The summed E-state index contributed by atoms with van der Waals surface area (Å²) in [5.41, 5.74) is 0.593. The lowest BCUT2D eigenvalue weighted by molar-refractivity contribution is -0.137. The number of benzene rings is 1. The van der Waals surface area contributed by atoms with Crippen LogP contribution in [-0.4, -0.2) is 92.0 Å². The largest absolute Gasteiger partial charge is 0.416 e. The minimum atomic E-state index is -4.61. The van der Waals surface area contributed by atoms with Crippen LogP contribution in [-0.2, 0) is 15.8 Å². The van der Waals surface area contributed by atoms with Crippen LogP contribution in [0.4, 0.5) is 30.4 Å². The zero-order chi connectivity index (χ0) is 28.8. The highest BCUT2D eigenvalue weighted by Crippen LogP contribution is 2.43. The molecular weight excluding hydrogens is 545 g/mol. The maximum Gasteiger partial charge on any atom is 0.416 e. The number of anilines is 3. The Morgan fingerprint density at radius 3 is 2.48 bits per heavy atom. The molecule has 2 fully saturated rings. The first-order chi connectivity index (χ1) is 19.0. The lowest BCUT2D eigenvalue weighted by Gasteiger charge is -2.41. The Bertz CT molecular complexity index is 1280. The number of nitrogens with zero attached hydrogens (tertiary/aromatic N) is 6. The molecule has 0 bridgehead atoms. The van der Waals surface area contributed by atoms with Gasteiger partial charge in [0.1, 0.15) is 11.9 Å². The Labute approximate surface area is 237 Å². The van der Waals surface area contributed by atoms with Gasteiger partial charge in [-0.05, 0) is 45.2 Å². The van der Waals surface area contributed by atoms with Crippen molar-refractivity contribution < 1.29 is 22.8 Å². The molecule has 2 atom stereocenters. The van der Waals surface area contributed by atoms with Crippen LogP contribution >= 0.6 is 11.6 Å². The summed E-state index contributed by atoms with van der Waals surface area (Å²) in [5, 5.41) is 0.511. The van der Waals surface area contributed by atoms with Crippen molar-refractivity contribution >= 4 is 40.6 Å². The highest BCUT2D eigenvalue weighted by Gasteiger charge is 2.49. The molecule has 0 radical (unpaired) electrons. The Balaban J connectivity index is 1.54. The van der Waals surface area contributed by atoms with Crippen LogP contribution in [0.2, 0.25) is 5.02 Å². The summed E-state index contributed by atoms with van der Waals surface area (Å²) in [6.07, 6.45) is -4.59. The minimum Gasteiger partial charge on any atom is -0.367 e. The maximum atomic E-state index is 14.1. The fourth-order valence-electron chi connectivity index (χ4n) is 6.04. The van der Waals surface area contributed by atoms with Crippen LogP contribution in [0.5, 0.6) is 0 Å². The van der Waals surface area contributed by atoms with E-state index in [-0.39, 0.29) is 23.8 Å². The molecule has 216 valence electrons. The molecular formula is C28H34ClF3N6O2. The van der Waals surface area contributed by atoms with E-state index in [9.17, 15) is 22.8 Å². The van der Waals surface area contributed by atoms with Crippen molar-refractivity contribution in [2.45, 2.75) is 32.5 Å². The van der Waals surface area contributed by atoms with Crippen molar-refractivity contribution in [3.63, 3.8) is 0 Å². The van der Waals surface area contributed by atoms with E-state index in [1.165, 1.54) is 11.8 Å². The zero-order valence-electron chi connectivity index (χ0n) is 22.9. The molecule has 4 heterocycles. The number of pyridine rings is 1. The molecule has 3 aliphatic rings. The lowest BCUT2D eigenvalue weighted by atomic mass is 9.95. The third-order valence-electron chi connectivity index (χ3n) is 8.09. The zero-order valence-corrected chi connectivity index (χ0v) is 23.7. The van der Waals surface area contributed by atoms with Crippen LogP contribution in [0.15, 0.2) is 30.3 Å². The van der Waals surface area contributed by atoms with Gasteiger partial charge >= 0.3 is 6.18 Å². The van der Waals surface area contributed by atoms with Gasteiger partial charge in [-0.3, -0.25) is 19.4 Å². The molecule has 1 aromatic heterocycles. The molecule has 0 saturated carbocycles. The van der Waals surface area contributed by atoms with Crippen molar-refractivity contribution in [1.29, 1.82) is 0 Å². The molecule has 0 spiro atoms. The van der Waals surface area contributed by atoms with Crippen LogP contribution in [0, 0.1) is 12.8 Å². The molecule has 2 saturated heterocycles. The van der Waals surface area contributed by atoms with Crippen molar-refractivity contribution in [2.24, 2.45) is 5.92 Å². The van der Waals surface area contributed by atoms with Gasteiger partial charge in [0.2, 0.25) is 5.91 Å². The number of likely N-dealkylation sites (N-methyl/N-ethyl adjacent to an activating group) is 2. The molecule has 0 N–H and O–H groups in total. The number of halogens is 4. The standard InChI is InChI=1S/C28H34ClF3N6O2/c1-4-37-22-7-5-6-21(29)26(22)36(13-12-35-10-8-34(3)9-11-35)17-19-15-24(39)38(25(19)27(37)40)23-16-20(28(30,31)32)14-18(2)33-23/h5-7,14,16,19,25H,4,8-13,15,17H2,1-3H3/t19?,25-/m0/s1. The van der Waals surface area contributed by atoms with E-state index >= 15 is 0 Å². The molecule has 8 nitrogen and oxygen atoms in total. The van der Waals surface area contributed by atoms with Gasteiger partial charge in [-0.1, -0.05) is 17.7 Å². The Kier molecular flexibility index (Phi) is 8.00. The molecule has 5 rings (SSSR count). The Morgan fingerprint density at radius 1 is 1.07 bits per heavy atom. The van der Waals surface area contributed by atoms with Crippen molar-refractivity contribution in [2.75, 3.05) is 74.1 Å². The summed E-state index contributed by atoms with van der Waals surface area (Å²) in [7, 11) is 2.10. The normalized spacial score (nSPS) is 22.8. The molecule has 1 unspecified atom stereocenters. The number of carbonyl (C=O) groups is 2. The number of amides is 2. The minimum absolute atomic E-state index is 0.0235. The summed E-state index contributed by atoms with van der Waals surface area (Å²) in [6, 6.07) is 6.23. The number of alkyl halides is 3. The second kappa shape index (κ2) is 11.2. The number of fused-ring (bicyclic) bond motifs is 2. The summed E-state index contributed by atoms with van der Waals surface area (Å²) in [6.45, 7) is 9.20. The smallest absolute Gasteiger partial charge is 0.367 e. The monoisotopic (exact) mass is 578 g/mol. The lowest BCUT2D eigenvalue weighted by Crippen LogP contribution is -2.54. The molecule has 2 amide bonds. The quantitative estimate of drug-likeness (QED) is 0.536. The van der Waals surface area contributed by atoms with E-state index < -0.39 is 29.6 Å². The number of aryl methyl sites for hydroxylation is 1. The highest BCUT2D eigenvalue weighted by atomic mass is 35.5. The SMILES string of the molecule is CCN1C(=O)[C@@H]2C(CC(=O)N2c2cc(C(F)(F)F)cc(C)n2)CN(CCN2CCN(C)CC2)c2c(Cl)cccc21. The molecule has 2 aromatic rings. The second-order valence-electron chi connectivity index (χ2n) is 10.8. The molecule has 40 heavy (non-hydrogen) atoms. The highest BCUT2D eigenvalue weighted by molar-refractivity contribution is 6.34. The van der Waals surface area contributed by atoms with Crippen LogP contribution in [0.25, 0.3) is 0 Å². The van der Waals surface area contributed by atoms with Gasteiger partial charge in [-0.2, -0.15) is 13.2 Å². The van der Waals surface area contributed by atoms with E-state index in [2.05, 4.69) is 26.7 Å². The van der Waals surface area contributed by atoms with E-state index in [0.29, 0.717) is 30.3 Å². The average molecular weight is 579 g/mol. The van der Waals surface area contributed by atoms with Gasteiger partial charge in [0.25, 0.3) is 5.91 Å². The first-order valence-electron chi connectivity index (χ1n) is 13.6.